The lowest BCUT2D eigenvalue weighted by atomic mass is 10.2. The number of rotatable bonds is 7. The van der Waals surface area contributed by atoms with Gasteiger partial charge in [-0.2, -0.15) is 4.98 Å². The molecule has 25 heavy (non-hydrogen) atoms. The van der Waals surface area contributed by atoms with Gasteiger partial charge >= 0.3 is 0 Å². The second-order valence-electron chi connectivity index (χ2n) is 5.42. The van der Waals surface area contributed by atoms with Crippen molar-refractivity contribution in [1.29, 1.82) is 0 Å². The Bertz CT molecular complexity index is 934. The van der Waals surface area contributed by atoms with Crippen LogP contribution in [0.2, 0.25) is 0 Å². The van der Waals surface area contributed by atoms with Crippen LogP contribution in [0.1, 0.15) is 11.5 Å². The van der Waals surface area contributed by atoms with Gasteiger partial charge in [0.15, 0.2) is 0 Å². The number of benzene rings is 1. The van der Waals surface area contributed by atoms with Gasteiger partial charge in [-0.05, 0) is 29.1 Å². The zero-order chi connectivity index (χ0) is 17.9. The highest BCUT2D eigenvalue weighted by atomic mass is 32.2. The standard InChI is InChI=1S/C16H17N3O3S3/c1-19(2)25(20,21)13-6-3-5-12(9-13)10-23-11-15-17-16(18-22-15)14-7-4-8-24-14/h3-9H,10-11H2,1-2H3. The molecule has 0 bridgehead atoms. The second kappa shape index (κ2) is 7.69. The van der Waals surface area contributed by atoms with Crippen molar-refractivity contribution in [2.24, 2.45) is 0 Å². The highest BCUT2D eigenvalue weighted by Gasteiger charge is 2.17. The molecule has 0 aliphatic rings. The number of hydrogen-bond acceptors (Lipinski definition) is 7. The van der Waals surface area contributed by atoms with E-state index in [1.807, 2.05) is 23.6 Å². The third-order valence-corrected chi connectivity index (χ3v) is 7.05. The van der Waals surface area contributed by atoms with Crippen molar-refractivity contribution in [3.63, 3.8) is 0 Å². The Kier molecular flexibility index (Phi) is 5.57. The smallest absolute Gasteiger partial charge is 0.242 e. The van der Waals surface area contributed by atoms with Gasteiger partial charge in [0.1, 0.15) is 0 Å². The zero-order valence-electron chi connectivity index (χ0n) is 13.7. The van der Waals surface area contributed by atoms with E-state index in [4.69, 9.17) is 4.52 Å². The minimum atomic E-state index is -3.41. The van der Waals surface area contributed by atoms with Crippen LogP contribution in [0.5, 0.6) is 0 Å². The van der Waals surface area contributed by atoms with Gasteiger partial charge in [-0.25, -0.2) is 12.7 Å². The zero-order valence-corrected chi connectivity index (χ0v) is 16.2. The van der Waals surface area contributed by atoms with E-state index in [1.54, 1.807) is 41.3 Å². The van der Waals surface area contributed by atoms with Crippen LogP contribution in [0, 0.1) is 0 Å². The molecule has 0 unspecified atom stereocenters. The van der Waals surface area contributed by atoms with E-state index in [-0.39, 0.29) is 0 Å². The van der Waals surface area contributed by atoms with Crippen LogP contribution in [0.15, 0.2) is 51.2 Å². The van der Waals surface area contributed by atoms with Gasteiger partial charge in [0.2, 0.25) is 21.7 Å². The molecule has 0 fully saturated rings. The van der Waals surface area contributed by atoms with Crippen molar-refractivity contribution < 1.29 is 12.9 Å². The highest BCUT2D eigenvalue weighted by Crippen LogP contribution is 2.24. The molecule has 2 heterocycles. The first-order valence-electron chi connectivity index (χ1n) is 7.42. The minimum absolute atomic E-state index is 0.299. The largest absolute Gasteiger partial charge is 0.338 e. The van der Waals surface area contributed by atoms with Crippen LogP contribution in [0.4, 0.5) is 0 Å². The SMILES string of the molecule is CN(C)S(=O)(=O)c1cccc(CSCc2nc(-c3cccs3)no2)c1. The van der Waals surface area contributed by atoms with Crippen LogP contribution >= 0.6 is 23.1 Å². The topological polar surface area (TPSA) is 76.3 Å². The third-order valence-electron chi connectivity index (χ3n) is 3.38. The summed E-state index contributed by atoms with van der Waals surface area (Å²) in [7, 11) is -0.363. The van der Waals surface area contributed by atoms with Gasteiger partial charge in [0.25, 0.3) is 0 Å². The molecule has 2 aromatic heterocycles. The second-order valence-corrected chi connectivity index (χ2v) is 9.50. The molecule has 0 spiro atoms. The Morgan fingerprint density at radius 3 is 2.76 bits per heavy atom. The van der Waals surface area contributed by atoms with E-state index in [0.29, 0.717) is 28.1 Å². The Labute approximate surface area is 154 Å². The maximum Gasteiger partial charge on any atom is 0.242 e. The van der Waals surface area contributed by atoms with Crippen LogP contribution in [-0.2, 0) is 21.5 Å². The molecule has 1 aromatic carbocycles. The lowest BCUT2D eigenvalue weighted by Gasteiger charge is -2.12. The summed E-state index contributed by atoms with van der Waals surface area (Å²) in [6.45, 7) is 0. The number of aromatic nitrogens is 2. The summed E-state index contributed by atoms with van der Waals surface area (Å²) < 4.78 is 30.8. The fourth-order valence-corrected chi connectivity index (χ4v) is 4.51. The number of nitrogens with zero attached hydrogens (tertiary/aromatic N) is 3. The van der Waals surface area contributed by atoms with Gasteiger partial charge < -0.3 is 4.52 Å². The van der Waals surface area contributed by atoms with Crippen LogP contribution in [0.3, 0.4) is 0 Å². The number of sulfonamides is 1. The molecule has 0 aliphatic carbocycles. The van der Waals surface area contributed by atoms with E-state index in [1.165, 1.54) is 18.4 Å². The molecule has 0 radical (unpaired) electrons. The Morgan fingerprint density at radius 1 is 1.20 bits per heavy atom. The summed E-state index contributed by atoms with van der Waals surface area (Å²) in [5.41, 5.74) is 0.936. The van der Waals surface area contributed by atoms with Crippen LogP contribution < -0.4 is 0 Å². The van der Waals surface area contributed by atoms with Crippen molar-refractivity contribution in [3.8, 4) is 10.7 Å². The van der Waals surface area contributed by atoms with Gasteiger partial charge in [-0.1, -0.05) is 23.4 Å². The first kappa shape index (κ1) is 18.1. The minimum Gasteiger partial charge on any atom is -0.338 e. The Hall–Kier alpha value is -1.68. The molecule has 6 nitrogen and oxygen atoms in total. The molecule has 0 saturated carbocycles. The van der Waals surface area contributed by atoms with E-state index in [9.17, 15) is 8.42 Å². The van der Waals surface area contributed by atoms with Crippen molar-refractivity contribution in [2.75, 3.05) is 14.1 Å². The Morgan fingerprint density at radius 2 is 2.04 bits per heavy atom. The predicted octanol–water partition coefficient (Wildman–Crippen LogP) is 3.48. The summed E-state index contributed by atoms with van der Waals surface area (Å²) in [5.74, 6) is 2.39. The lowest BCUT2D eigenvalue weighted by Crippen LogP contribution is -2.22. The van der Waals surface area contributed by atoms with E-state index >= 15 is 0 Å². The Balaban J connectivity index is 1.61. The fraction of sp³-hybridized carbons (Fsp3) is 0.250. The molecule has 0 N–H and O–H groups in total. The summed E-state index contributed by atoms with van der Waals surface area (Å²) in [4.78, 5) is 5.65. The molecule has 3 aromatic rings. The van der Waals surface area contributed by atoms with E-state index in [0.717, 1.165) is 10.4 Å². The van der Waals surface area contributed by atoms with Crippen molar-refractivity contribution in [1.82, 2.24) is 14.4 Å². The van der Waals surface area contributed by atoms with E-state index in [2.05, 4.69) is 10.1 Å². The molecule has 9 heteroatoms. The maximum atomic E-state index is 12.2. The average Bonchev–Trinajstić information content (AvgIpc) is 3.26. The molecule has 0 atom stereocenters. The molecule has 0 aliphatic heterocycles. The van der Waals surface area contributed by atoms with Crippen LogP contribution in [0.25, 0.3) is 10.7 Å². The molecule has 0 saturated heterocycles. The number of thiophene rings is 1. The van der Waals surface area contributed by atoms with Crippen molar-refractivity contribution >= 4 is 33.1 Å². The number of thioether (sulfide) groups is 1. The molecule has 132 valence electrons. The summed E-state index contributed by atoms with van der Waals surface area (Å²) in [6.07, 6.45) is 0. The van der Waals surface area contributed by atoms with Gasteiger partial charge in [0.05, 0.1) is 15.5 Å². The van der Waals surface area contributed by atoms with Gasteiger partial charge in [0, 0.05) is 19.8 Å². The third kappa shape index (κ3) is 4.30. The molecule has 0 amide bonds. The molecule has 3 rings (SSSR count). The first-order valence-corrected chi connectivity index (χ1v) is 10.9. The normalized spacial score (nSPS) is 12.0. The maximum absolute atomic E-state index is 12.2. The van der Waals surface area contributed by atoms with Gasteiger partial charge in [-0.15, -0.1) is 23.1 Å². The fourth-order valence-electron chi connectivity index (χ4n) is 2.08. The highest BCUT2D eigenvalue weighted by molar-refractivity contribution is 7.97. The quantitative estimate of drug-likeness (QED) is 0.610. The molecular formula is C16H17N3O3S3. The average molecular weight is 396 g/mol. The van der Waals surface area contributed by atoms with Crippen LogP contribution in [-0.4, -0.2) is 37.0 Å². The summed E-state index contributed by atoms with van der Waals surface area (Å²) in [6, 6.07) is 10.9. The first-order chi connectivity index (χ1) is 12.0. The lowest BCUT2D eigenvalue weighted by molar-refractivity contribution is 0.392. The van der Waals surface area contributed by atoms with E-state index < -0.39 is 10.0 Å². The summed E-state index contributed by atoms with van der Waals surface area (Å²) >= 11 is 3.16. The monoisotopic (exact) mass is 395 g/mol. The summed E-state index contributed by atoms with van der Waals surface area (Å²) in [5, 5.41) is 5.94. The molecular weight excluding hydrogens is 378 g/mol. The van der Waals surface area contributed by atoms with Crippen molar-refractivity contribution in [2.45, 2.75) is 16.4 Å². The number of hydrogen-bond donors (Lipinski definition) is 0. The predicted molar refractivity (Wildman–Crippen MR) is 99.9 cm³/mol. The van der Waals surface area contributed by atoms with Crippen molar-refractivity contribution in [3.05, 3.63) is 53.2 Å². The van der Waals surface area contributed by atoms with Gasteiger partial charge in [-0.3, -0.25) is 0 Å².